The van der Waals surface area contributed by atoms with Gasteiger partial charge in [-0.05, 0) is 56.0 Å². The Morgan fingerprint density at radius 1 is 1.09 bits per heavy atom. The van der Waals surface area contributed by atoms with Crippen LogP contribution in [0.5, 0.6) is 0 Å². The molecule has 0 aliphatic carbocycles. The van der Waals surface area contributed by atoms with E-state index in [2.05, 4.69) is 41.6 Å². The summed E-state index contributed by atoms with van der Waals surface area (Å²) in [7, 11) is -3.53. The highest BCUT2D eigenvalue weighted by Crippen LogP contribution is 2.27. The van der Waals surface area contributed by atoms with Gasteiger partial charge in [-0.15, -0.1) is 11.3 Å². The minimum absolute atomic E-state index is 0. The van der Waals surface area contributed by atoms with Gasteiger partial charge in [0, 0.05) is 19.4 Å². The number of hydrogen-bond acceptors (Lipinski definition) is 6. The van der Waals surface area contributed by atoms with Crippen molar-refractivity contribution in [3.05, 3.63) is 64.5 Å². The zero-order chi connectivity index (χ0) is 25.0. The fraction of sp³-hybridized carbons (Fsp3) is 0.320. The molecule has 34 heavy (non-hydrogen) atoms. The van der Waals surface area contributed by atoms with Gasteiger partial charge in [0.25, 0.3) is 5.91 Å². The third kappa shape index (κ3) is 5.90. The molecule has 0 saturated carbocycles. The number of sulfone groups is 1. The summed E-state index contributed by atoms with van der Waals surface area (Å²) in [5.74, 6) is -0.551. The molecular formula is C25H33N3O4S2. The van der Waals surface area contributed by atoms with Crippen molar-refractivity contribution in [3.8, 4) is 11.3 Å². The number of thiazole rings is 1. The van der Waals surface area contributed by atoms with Crippen LogP contribution in [0.4, 0.5) is 5.13 Å². The summed E-state index contributed by atoms with van der Waals surface area (Å²) in [5, 5.41) is 6.93. The summed E-state index contributed by atoms with van der Waals surface area (Å²) < 4.78 is 25.1. The molecule has 0 spiro atoms. The van der Waals surface area contributed by atoms with Crippen LogP contribution < -0.4 is 10.6 Å². The molecule has 0 unspecified atom stereocenters. The summed E-state index contributed by atoms with van der Waals surface area (Å²) in [5.41, 5.74) is 3.70. The molecule has 0 radical (unpaired) electrons. The van der Waals surface area contributed by atoms with Crippen LogP contribution >= 0.6 is 11.3 Å². The number of aryl methyl sites for hydroxylation is 1. The van der Waals surface area contributed by atoms with Crippen LogP contribution in [0.15, 0.2) is 52.7 Å². The number of carbonyl (C=O) groups is 2. The normalized spacial score (nSPS) is 11.6. The van der Waals surface area contributed by atoms with Crippen molar-refractivity contribution in [3.63, 3.8) is 0 Å². The van der Waals surface area contributed by atoms with Gasteiger partial charge in [0.1, 0.15) is 0 Å². The smallest absolute Gasteiger partial charge is 0.251 e. The number of benzene rings is 2. The summed E-state index contributed by atoms with van der Waals surface area (Å²) >= 11 is 1.30. The summed E-state index contributed by atoms with van der Waals surface area (Å²) in [6, 6.07) is 12.6. The Bertz CT molecular complexity index is 1320. The van der Waals surface area contributed by atoms with Gasteiger partial charge in [-0.1, -0.05) is 38.1 Å². The van der Waals surface area contributed by atoms with Crippen LogP contribution in [0.3, 0.4) is 0 Å². The predicted octanol–water partition coefficient (Wildman–Crippen LogP) is 5.28. The molecule has 2 amide bonds. The minimum Gasteiger partial charge on any atom is -0.343 e. The summed E-state index contributed by atoms with van der Waals surface area (Å²) in [6.07, 6.45) is 0. The molecule has 2 aromatic carbocycles. The average molecular weight is 504 g/mol. The predicted molar refractivity (Wildman–Crippen MR) is 140 cm³/mol. The van der Waals surface area contributed by atoms with Gasteiger partial charge in [-0.25, -0.2) is 13.4 Å². The first kappa shape index (κ1) is 25.6. The highest BCUT2D eigenvalue weighted by atomic mass is 32.2. The van der Waals surface area contributed by atoms with Crippen molar-refractivity contribution in [2.24, 2.45) is 0 Å². The lowest BCUT2D eigenvalue weighted by Crippen LogP contribution is -2.33. The van der Waals surface area contributed by atoms with Gasteiger partial charge in [-0.2, -0.15) is 0 Å². The molecule has 3 rings (SSSR count). The number of rotatable bonds is 8. The molecule has 1 heterocycles. The molecule has 2 N–H and O–H groups in total. The molecule has 0 fully saturated rings. The highest BCUT2D eigenvalue weighted by Gasteiger charge is 2.23. The third-order valence-electron chi connectivity index (χ3n) is 5.39. The second-order valence-electron chi connectivity index (χ2n) is 8.62. The lowest BCUT2D eigenvalue weighted by Gasteiger charge is -2.12. The number of carbonyl (C=O) groups excluding carboxylic acids is 2. The largest absolute Gasteiger partial charge is 0.343 e. The molecule has 0 bridgehead atoms. The maximum atomic E-state index is 12.6. The van der Waals surface area contributed by atoms with Crippen molar-refractivity contribution < 1.29 is 20.9 Å². The van der Waals surface area contributed by atoms with E-state index in [1.165, 1.54) is 23.0 Å². The fourth-order valence-electron chi connectivity index (χ4n) is 3.25. The lowest BCUT2D eigenvalue weighted by atomic mass is 10.0. The Kier molecular flexibility index (Phi) is 7.89. The Balaban J connectivity index is 0.00000324. The van der Waals surface area contributed by atoms with Crippen LogP contribution in [0, 0.1) is 6.92 Å². The topological polar surface area (TPSA) is 105 Å². The molecule has 0 atom stereocenters. The molecule has 0 aliphatic heterocycles. The molecule has 3 aromatic rings. The van der Waals surface area contributed by atoms with E-state index >= 15 is 0 Å². The molecular weight excluding hydrogens is 470 g/mol. The Labute approximate surface area is 207 Å². The Morgan fingerprint density at radius 2 is 1.82 bits per heavy atom. The van der Waals surface area contributed by atoms with Crippen molar-refractivity contribution in [2.45, 2.75) is 50.7 Å². The van der Waals surface area contributed by atoms with Gasteiger partial charge < -0.3 is 10.6 Å². The van der Waals surface area contributed by atoms with E-state index in [0.29, 0.717) is 16.6 Å². The van der Waals surface area contributed by atoms with Gasteiger partial charge in [0.15, 0.2) is 15.0 Å². The Hall–Kier alpha value is -3.04. The highest BCUT2D eigenvalue weighted by molar-refractivity contribution is 7.92. The van der Waals surface area contributed by atoms with Crippen LogP contribution in [-0.2, 0) is 14.6 Å². The van der Waals surface area contributed by atoms with Crippen LogP contribution in [0.25, 0.3) is 11.3 Å². The minimum atomic E-state index is -3.53. The van der Waals surface area contributed by atoms with Crippen molar-refractivity contribution in [2.75, 3.05) is 11.9 Å². The molecule has 184 valence electrons. The standard InChI is InChI=1S/C25H29N3O4S2.2H2/c1-15(2)18-7-6-8-19(11-18)21-14-33-25(27-21)28-23(29)13-26-24(30)20-10-9-17(5)22(12-20)34(31,32)16(3)4;;/h6-12,14-16H,13H2,1-5H3,(H,26,30)(H,27,28,29);2*1H. The second kappa shape index (κ2) is 10.5. The maximum Gasteiger partial charge on any atom is 0.251 e. The summed E-state index contributed by atoms with van der Waals surface area (Å²) in [6.45, 7) is 8.86. The molecule has 0 saturated heterocycles. The van der Waals surface area contributed by atoms with Crippen LogP contribution in [0.2, 0.25) is 0 Å². The average Bonchev–Trinajstić information content (AvgIpc) is 3.26. The van der Waals surface area contributed by atoms with Gasteiger partial charge in [0.2, 0.25) is 5.91 Å². The SMILES string of the molecule is Cc1ccc(C(=O)NCC(=O)Nc2nc(-c3cccc(C(C)C)c3)cs2)cc1S(=O)(=O)C(C)C.[HH].[HH]. The maximum absolute atomic E-state index is 12.6. The van der Waals surface area contributed by atoms with E-state index in [1.54, 1.807) is 32.9 Å². The monoisotopic (exact) mass is 503 g/mol. The number of amides is 2. The third-order valence-corrected chi connectivity index (χ3v) is 8.44. The van der Waals surface area contributed by atoms with E-state index in [4.69, 9.17) is 0 Å². The van der Waals surface area contributed by atoms with E-state index in [-0.39, 0.29) is 19.9 Å². The molecule has 0 aliphatic rings. The number of nitrogens with one attached hydrogen (secondary N) is 2. The van der Waals surface area contributed by atoms with Gasteiger partial charge in [-0.3, -0.25) is 9.59 Å². The molecule has 9 heteroatoms. The first-order valence-corrected chi connectivity index (χ1v) is 13.4. The number of hydrogen-bond donors (Lipinski definition) is 2. The first-order valence-electron chi connectivity index (χ1n) is 11.0. The number of aromatic nitrogens is 1. The molecule has 7 nitrogen and oxygen atoms in total. The van der Waals surface area contributed by atoms with Crippen LogP contribution in [0.1, 0.15) is 58.0 Å². The molecule has 1 aromatic heterocycles. The van der Waals surface area contributed by atoms with Crippen molar-refractivity contribution in [1.82, 2.24) is 10.3 Å². The quantitative estimate of drug-likeness (QED) is 0.435. The second-order valence-corrected chi connectivity index (χ2v) is 12.0. The Morgan fingerprint density at radius 3 is 2.50 bits per heavy atom. The first-order chi connectivity index (χ1) is 16.0. The zero-order valence-corrected chi connectivity index (χ0v) is 21.5. The zero-order valence-electron chi connectivity index (χ0n) is 19.9. The van der Waals surface area contributed by atoms with E-state index in [1.807, 2.05) is 17.5 Å². The van der Waals surface area contributed by atoms with E-state index in [9.17, 15) is 18.0 Å². The number of anilines is 1. The number of nitrogens with zero attached hydrogens (tertiary/aromatic N) is 1. The van der Waals surface area contributed by atoms with E-state index < -0.39 is 26.9 Å². The van der Waals surface area contributed by atoms with E-state index in [0.717, 1.165) is 11.3 Å². The summed E-state index contributed by atoms with van der Waals surface area (Å²) in [4.78, 5) is 29.5. The lowest BCUT2D eigenvalue weighted by molar-refractivity contribution is -0.115. The van der Waals surface area contributed by atoms with Gasteiger partial charge in [0.05, 0.1) is 22.4 Å². The van der Waals surface area contributed by atoms with Crippen LogP contribution in [-0.4, -0.2) is 37.0 Å². The van der Waals surface area contributed by atoms with Crippen molar-refractivity contribution in [1.29, 1.82) is 0 Å². The van der Waals surface area contributed by atoms with Gasteiger partial charge >= 0.3 is 0 Å². The van der Waals surface area contributed by atoms with Crippen molar-refractivity contribution >= 4 is 38.1 Å². The fourth-order valence-corrected chi connectivity index (χ4v) is 5.30.